The fourth-order valence-corrected chi connectivity index (χ4v) is 3.05. The van der Waals surface area contributed by atoms with Crippen molar-refractivity contribution >= 4 is 5.91 Å². The molecule has 1 aromatic carbocycles. The summed E-state index contributed by atoms with van der Waals surface area (Å²) in [4.78, 5) is 12.3. The van der Waals surface area contributed by atoms with E-state index in [-0.39, 0.29) is 30.0 Å². The first kappa shape index (κ1) is 13.6. The largest absolute Gasteiger partial charge is 0.376 e. The summed E-state index contributed by atoms with van der Waals surface area (Å²) in [6.07, 6.45) is 1.87. The van der Waals surface area contributed by atoms with Crippen LogP contribution in [0.5, 0.6) is 0 Å². The zero-order chi connectivity index (χ0) is 14.1. The van der Waals surface area contributed by atoms with E-state index < -0.39 is 0 Å². The molecule has 0 saturated heterocycles. The smallest absolute Gasteiger partial charge is 0.224 e. The van der Waals surface area contributed by atoms with E-state index in [9.17, 15) is 4.79 Å². The van der Waals surface area contributed by atoms with Crippen molar-refractivity contribution in [2.24, 2.45) is 11.7 Å². The molecule has 4 nitrogen and oxygen atoms in total. The van der Waals surface area contributed by atoms with Gasteiger partial charge in [-0.2, -0.15) is 0 Å². The molecule has 5 atom stereocenters. The van der Waals surface area contributed by atoms with Crippen LogP contribution in [0.2, 0.25) is 0 Å². The molecule has 1 amide bonds. The average Bonchev–Trinajstić information content (AvgIpc) is 3.26. The Labute approximate surface area is 119 Å². The number of hydrogen-bond donors (Lipinski definition) is 2. The zero-order valence-corrected chi connectivity index (χ0v) is 11.8. The lowest BCUT2D eigenvalue weighted by Gasteiger charge is -2.42. The summed E-state index contributed by atoms with van der Waals surface area (Å²) in [6, 6.07) is 10.3. The predicted octanol–water partition coefficient (Wildman–Crippen LogP) is 1.41. The highest BCUT2D eigenvalue weighted by Gasteiger charge is 2.47. The average molecular weight is 274 g/mol. The molecule has 0 heterocycles. The molecule has 0 bridgehead atoms. The molecule has 0 radical (unpaired) electrons. The third kappa shape index (κ3) is 2.58. The van der Waals surface area contributed by atoms with Gasteiger partial charge >= 0.3 is 0 Å². The molecule has 3 rings (SSSR count). The summed E-state index contributed by atoms with van der Waals surface area (Å²) < 4.78 is 5.58. The molecule has 0 aliphatic heterocycles. The topological polar surface area (TPSA) is 64.3 Å². The normalized spacial score (nSPS) is 35.2. The van der Waals surface area contributed by atoms with E-state index in [1.807, 2.05) is 25.1 Å². The van der Waals surface area contributed by atoms with E-state index in [1.54, 1.807) is 0 Å². The van der Waals surface area contributed by atoms with E-state index in [4.69, 9.17) is 10.5 Å². The minimum absolute atomic E-state index is 0.0144. The number of carbonyl (C=O) groups excluding carboxylic acids is 1. The number of amides is 1. The van der Waals surface area contributed by atoms with E-state index >= 15 is 0 Å². The molecular formula is C16H22N2O2. The van der Waals surface area contributed by atoms with Gasteiger partial charge in [0.05, 0.1) is 12.1 Å². The van der Waals surface area contributed by atoms with Crippen LogP contribution in [0.15, 0.2) is 30.3 Å². The van der Waals surface area contributed by atoms with Crippen LogP contribution in [0.25, 0.3) is 0 Å². The minimum Gasteiger partial charge on any atom is -0.376 e. The van der Waals surface area contributed by atoms with Crippen LogP contribution in [0, 0.1) is 5.92 Å². The monoisotopic (exact) mass is 274 g/mol. The van der Waals surface area contributed by atoms with Gasteiger partial charge in [0, 0.05) is 18.6 Å². The second kappa shape index (κ2) is 5.54. The highest BCUT2D eigenvalue weighted by atomic mass is 16.5. The standard InChI is InChI=1S/C16H22N2O2/c1-2-20-14-9-13(17)15(14)18-16(19)12-8-11(12)10-6-4-3-5-7-10/h3-7,11-15H,2,8-9,17H2,1H3,(H,18,19). The molecule has 2 aliphatic carbocycles. The first-order valence-corrected chi connectivity index (χ1v) is 7.43. The fraction of sp³-hybridized carbons (Fsp3) is 0.562. The van der Waals surface area contributed by atoms with Crippen LogP contribution in [0.4, 0.5) is 0 Å². The highest BCUT2D eigenvalue weighted by molar-refractivity contribution is 5.83. The maximum Gasteiger partial charge on any atom is 0.224 e. The molecule has 0 aromatic heterocycles. The maximum atomic E-state index is 12.3. The van der Waals surface area contributed by atoms with Gasteiger partial charge in [-0.25, -0.2) is 0 Å². The quantitative estimate of drug-likeness (QED) is 0.853. The second-order valence-corrected chi connectivity index (χ2v) is 5.79. The number of rotatable bonds is 5. The number of nitrogens with two attached hydrogens (primary N) is 1. The van der Waals surface area contributed by atoms with Crippen LogP contribution < -0.4 is 11.1 Å². The van der Waals surface area contributed by atoms with Crippen molar-refractivity contribution in [3.05, 3.63) is 35.9 Å². The number of nitrogens with one attached hydrogen (secondary N) is 1. The van der Waals surface area contributed by atoms with Gasteiger partial charge in [-0.1, -0.05) is 30.3 Å². The second-order valence-electron chi connectivity index (χ2n) is 5.79. The van der Waals surface area contributed by atoms with Crippen molar-refractivity contribution in [1.82, 2.24) is 5.32 Å². The van der Waals surface area contributed by atoms with Gasteiger partial charge < -0.3 is 15.8 Å². The van der Waals surface area contributed by atoms with Gasteiger partial charge in [0.1, 0.15) is 0 Å². The minimum atomic E-state index is -0.0144. The Morgan fingerprint density at radius 2 is 2.10 bits per heavy atom. The maximum absolute atomic E-state index is 12.3. The molecule has 20 heavy (non-hydrogen) atoms. The van der Waals surface area contributed by atoms with E-state index in [2.05, 4.69) is 17.4 Å². The summed E-state index contributed by atoms with van der Waals surface area (Å²) in [5.41, 5.74) is 7.22. The Hall–Kier alpha value is -1.39. The van der Waals surface area contributed by atoms with E-state index in [0.717, 1.165) is 12.8 Å². The Balaban J connectivity index is 1.54. The summed E-state index contributed by atoms with van der Waals surface area (Å²) in [5.74, 6) is 0.606. The van der Waals surface area contributed by atoms with E-state index in [0.29, 0.717) is 12.5 Å². The Morgan fingerprint density at radius 3 is 2.75 bits per heavy atom. The predicted molar refractivity (Wildman–Crippen MR) is 77.2 cm³/mol. The highest BCUT2D eigenvalue weighted by Crippen LogP contribution is 2.47. The first-order valence-electron chi connectivity index (χ1n) is 7.43. The SMILES string of the molecule is CCOC1CC(N)C1NC(=O)C1CC1c1ccccc1. The molecule has 2 fully saturated rings. The Morgan fingerprint density at radius 1 is 1.35 bits per heavy atom. The molecule has 0 spiro atoms. The van der Waals surface area contributed by atoms with Crippen LogP contribution in [-0.4, -0.2) is 30.7 Å². The number of benzene rings is 1. The molecule has 2 saturated carbocycles. The van der Waals surface area contributed by atoms with Crippen molar-refractivity contribution < 1.29 is 9.53 Å². The van der Waals surface area contributed by atoms with Crippen molar-refractivity contribution in [3.8, 4) is 0 Å². The molecule has 108 valence electrons. The lowest BCUT2D eigenvalue weighted by atomic mass is 9.83. The molecule has 4 heteroatoms. The van der Waals surface area contributed by atoms with Crippen LogP contribution >= 0.6 is 0 Å². The molecule has 1 aromatic rings. The van der Waals surface area contributed by atoms with Crippen molar-refractivity contribution in [3.63, 3.8) is 0 Å². The molecular weight excluding hydrogens is 252 g/mol. The van der Waals surface area contributed by atoms with E-state index in [1.165, 1.54) is 5.56 Å². The van der Waals surface area contributed by atoms with Gasteiger partial charge in [-0.15, -0.1) is 0 Å². The Kier molecular flexibility index (Phi) is 3.76. The van der Waals surface area contributed by atoms with Gasteiger partial charge in [-0.05, 0) is 31.2 Å². The van der Waals surface area contributed by atoms with Gasteiger partial charge in [0.15, 0.2) is 0 Å². The van der Waals surface area contributed by atoms with Crippen LogP contribution in [-0.2, 0) is 9.53 Å². The zero-order valence-electron chi connectivity index (χ0n) is 11.8. The fourth-order valence-electron chi connectivity index (χ4n) is 3.05. The molecule has 3 N–H and O–H groups in total. The van der Waals surface area contributed by atoms with Crippen molar-refractivity contribution in [2.45, 2.75) is 43.9 Å². The number of carbonyl (C=O) groups is 1. The van der Waals surface area contributed by atoms with Gasteiger partial charge in [-0.3, -0.25) is 4.79 Å². The lowest BCUT2D eigenvalue weighted by molar-refractivity contribution is -0.127. The van der Waals surface area contributed by atoms with Crippen molar-refractivity contribution in [1.29, 1.82) is 0 Å². The number of ether oxygens (including phenoxy) is 1. The van der Waals surface area contributed by atoms with Crippen LogP contribution in [0.3, 0.4) is 0 Å². The first-order chi connectivity index (χ1) is 9.70. The Bertz CT molecular complexity index is 475. The van der Waals surface area contributed by atoms with Crippen molar-refractivity contribution in [2.75, 3.05) is 6.61 Å². The summed E-state index contributed by atoms with van der Waals surface area (Å²) in [6.45, 7) is 2.63. The summed E-state index contributed by atoms with van der Waals surface area (Å²) >= 11 is 0. The molecule has 2 aliphatic rings. The summed E-state index contributed by atoms with van der Waals surface area (Å²) in [5, 5.41) is 3.07. The van der Waals surface area contributed by atoms with Gasteiger partial charge in [0.25, 0.3) is 0 Å². The third-order valence-corrected chi connectivity index (χ3v) is 4.41. The molecule has 5 unspecified atom stereocenters. The summed E-state index contributed by atoms with van der Waals surface area (Å²) in [7, 11) is 0. The van der Waals surface area contributed by atoms with Crippen LogP contribution in [0.1, 0.15) is 31.2 Å². The number of hydrogen-bond acceptors (Lipinski definition) is 3. The lowest BCUT2D eigenvalue weighted by Crippen LogP contribution is -2.65. The third-order valence-electron chi connectivity index (χ3n) is 4.41. The van der Waals surface area contributed by atoms with Gasteiger partial charge in [0.2, 0.25) is 5.91 Å².